The molecule has 1 atom stereocenters. The van der Waals surface area contributed by atoms with E-state index in [0.29, 0.717) is 12.1 Å². The van der Waals surface area contributed by atoms with Crippen molar-refractivity contribution in [2.45, 2.75) is 57.1 Å². The minimum absolute atomic E-state index is 0. The molecule has 1 aliphatic carbocycles. The molecule has 1 unspecified atom stereocenters. The lowest BCUT2D eigenvalue weighted by Gasteiger charge is -2.32. The quantitative estimate of drug-likeness (QED) is 0.215. The summed E-state index contributed by atoms with van der Waals surface area (Å²) in [5.74, 6) is 1.03. The first-order chi connectivity index (χ1) is 12.4. The van der Waals surface area contributed by atoms with E-state index >= 15 is 0 Å². The number of nitrogens with one attached hydrogen (secondary N) is 1. The van der Waals surface area contributed by atoms with Gasteiger partial charge in [-0.15, -0.1) is 24.0 Å². The van der Waals surface area contributed by atoms with E-state index in [1.54, 1.807) is 0 Å². The number of morpholine rings is 1. The summed E-state index contributed by atoms with van der Waals surface area (Å²) in [4.78, 5) is 9.45. The highest BCUT2D eigenvalue weighted by atomic mass is 127. The molecular weight excluding hydrogens is 443 g/mol. The Balaban J connectivity index is 0.00000243. The predicted molar refractivity (Wildman–Crippen MR) is 117 cm³/mol. The number of nitrogens with zero attached hydrogens (tertiary/aromatic N) is 3. The molecule has 0 radical (unpaired) electrons. The molecule has 2 saturated heterocycles. The Morgan fingerprint density at radius 1 is 1.08 bits per heavy atom. The highest BCUT2D eigenvalue weighted by Crippen LogP contribution is 2.20. The van der Waals surface area contributed by atoms with Gasteiger partial charge in [0.2, 0.25) is 0 Å². The summed E-state index contributed by atoms with van der Waals surface area (Å²) in [6.07, 6.45) is 9.59. The van der Waals surface area contributed by atoms with Gasteiger partial charge in [-0.05, 0) is 19.3 Å². The molecule has 6 nitrogen and oxygen atoms in total. The molecule has 26 heavy (non-hydrogen) atoms. The molecule has 0 aromatic rings. The summed E-state index contributed by atoms with van der Waals surface area (Å²) >= 11 is 0. The van der Waals surface area contributed by atoms with Crippen LogP contribution in [-0.2, 0) is 9.47 Å². The maximum atomic E-state index is 6.08. The Labute approximate surface area is 176 Å². The van der Waals surface area contributed by atoms with Crippen molar-refractivity contribution in [1.29, 1.82) is 0 Å². The van der Waals surface area contributed by atoms with Crippen LogP contribution in [0.1, 0.15) is 44.9 Å². The van der Waals surface area contributed by atoms with E-state index in [-0.39, 0.29) is 24.0 Å². The van der Waals surface area contributed by atoms with Crippen LogP contribution in [-0.4, -0.2) is 87.5 Å². The first-order valence-corrected chi connectivity index (χ1v) is 10.3. The number of hydrogen-bond acceptors (Lipinski definition) is 4. The second kappa shape index (κ2) is 12.4. The average Bonchev–Trinajstić information content (AvgIpc) is 3.00. The predicted octanol–water partition coefficient (Wildman–Crippen LogP) is 2.33. The third-order valence-corrected chi connectivity index (χ3v) is 5.78. The molecule has 7 heteroatoms. The highest BCUT2D eigenvalue weighted by Gasteiger charge is 2.30. The smallest absolute Gasteiger partial charge is 0.193 e. The lowest BCUT2D eigenvalue weighted by atomic mass is 10.1. The van der Waals surface area contributed by atoms with Crippen molar-refractivity contribution in [3.8, 4) is 0 Å². The van der Waals surface area contributed by atoms with Crippen LogP contribution in [0.25, 0.3) is 0 Å². The molecule has 3 fully saturated rings. The van der Waals surface area contributed by atoms with Gasteiger partial charge >= 0.3 is 0 Å². The second-order valence-corrected chi connectivity index (χ2v) is 7.50. The number of likely N-dealkylation sites (tertiary alicyclic amines) is 1. The highest BCUT2D eigenvalue weighted by molar-refractivity contribution is 14.0. The zero-order chi connectivity index (χ0) is 17.3. The van der Waals surface area contributed by atoms with Gasteiger partial charge in [-0.2, -0.15) is 0 Å². The van der Waals surface area contributed by atoms with Crippen molar-refractivity contribution in [2.75, 3.05) is 59.6 Å². The summed E-state index contributed by atoms with van der Waals surface area (Å²) in [7, 11) is 1.89. The fourth-order valence-corrected chi connectivity index (χ4v) is 4.30. The molecule has 0 aromatic heterocycles. The van der Waals surface area contributed by atoms with Crippen LogP contribution in [0.5, 0.6) is 0 Å². The van der Waals surface area contributed by atoms with E-state index in [9.17, 15) is 0 Å². The van der Waals surface area contributed by atoms with Crippen LogP contribution >= 0.6 is 24.0 Å². The summed E-state index contributed by atoms with van der Waals surface area (Å²) < 4.78 is 11.6. The molecular formula is C19H37IN4O2. The number of halogens is 1. The van der Waals surface area contributed by atoms with Crippen molar-refractivity contribution in [3.05, 3.63) is 0 Å². The molecule has 1 N–H and O–H groups in total. The lowest BCUT2D eigenvalue weighted by Crippen LogP contribution is -2.47. The number of guanidine groups is 1. The molecule has 0 bridgehead atoms. The van der Waals surface area contributed by atoms with Gasteiger partial charge in [0.1, 0.15) is 0 Å². The summed E-state index contributed by atoms with van der Waals surface area (Å²) in [6.45, 7) is 7.68. The van der Waals surface area contributed by atoms with Crippen molar-refractivity contribution < 1.29 is 9.47 Å². The van der Waals surface area contributed by atoms with Crippen molar-refractivity contribution in [3.63, 3.8) is 0 Å². The number of ether oxygens (including phenoxy) is 2. The van der Waals surface area contributed by atoms with Crippen LogP contribution in [0.2, 0.25) is 0 Å². The monoisotopic (exact) mass is 480 g/mol. The van der Waals surface area contributed by atoms with Gasteiger partial charge in [-0.1, -0.05) is 25.7 Å². The normalized spacial score (nSPS) is 26.4. The average molecular weight is 480 g/mol. The molecule has 0 amide bonds. The third kappa shape index (κ3) is 6.80. The Morgan fingerprint density at radius 2 is 1.81 bits per heavy atom. The standard InChI is InChI=1S/C19H36N4O2.HI/c1-20-19(21-9-13-25-18-6-4-2-3-5-7-18)23-10-8-17(16-23)22-11-14-24-15-12-22;/h17-18H,2-16H2,1H3,(H,20,21);1H. The molecule has 0 aromatic carbocycles. The van der Waals surface area contributed by atoms with Crippen molar-refractivity contribution >= 4 is 29.9 Å². The second-order valence-electron chi connectivity index (χ2n) is 7.50. The molecule has 0 spiro atoms. The Morgan fingerprint density at radius 3 is 2.50 bits per heavy atom. The van der Waals surface area contributed by atoms with Crippen LogP contribution in [0.3, 0.4) is 0 Å². The van der Waals surface area contributed by atoms with Gasteiger partial charge < -0.3 is 19.7 Å². The van der Waals surface area contributed by atoms with Gasteiger partial charge in [-0.3, -0.25) is 9.89 Å². The number of hydrogen-bond donors (Lipinski definition) is 1. The minimum Gasteiger partial charge on any atom is -0.379 e. The fourth-order valence-electron chi connectivity index (χ4n) is 4.30. The molecule has 2 heterocycles. The fraction of sp³-hybridized carbons (Fsp3) is 0.947. The Bertz CT molecular complexity index is 410. The summed E-state index contributed by atoms with van der Waals surface area (Å²) in [5, 5.41) is 3.50. The largest absolute Gasteiger partial charge is 0.379 e. The topological polar surface area (TPSA) is 49.3 Å². The van der Waals surface area contributed by atoms with Gasteiger partial charge in [0.25, 0.3) is 0 Å². The number of rotatable bonds is 5. The van der Waals surface area contributed by atoms with Gasteiger partial charge in [0.05, 0.1) is 25.9 Å². The van der Waals surface area contributed by atoms with Crippen LogP contribution in [0.15, 0.2) is 4.99 Å². The molecule has 3 rings (SSSR count). The van der Waals surface area contributed by atoms with Gasteiger partial charge in [-0.25, -0.2) is 0 Å². The third-order valence-electron chi connectivity index (χ3n) is 5.78. The zero-order valence-electron chi connectivity index (χ0n) is 16.3. The molecule has 1 saturated carbocycles. The van der Waals surface area contributed by atoms with Crippen molar-refractivity contribution in [1.82, 2.24) is 15.1 Å². The van der Waals surface area contributed by atoms with Crippen LogP contribution in [0.4, 0.5) is 0 Å². The van der Waals surface area contributed by atoms with Gasteiger partial charge in [0.15, 0.2) is 5.96 Å². The van der Waals surface area contributed by atoms with Gasteiger partial charge in [0, 0.05) is 45.8 Å². The minimum atomic E-state index is 0. The van der Waals surface area contributed by atoms with E-state index in [1.165, 1.54) is 44.9 Å². The van der Waals surface area contributed by atoms with E-state index in [4.69, 9.17) is 9.47 Å². The van der Waals surface area contributed by atoms with E-state index in [2.05, 4.69) is 20.1 Å². The first kappa shape index (κ1) is 22.2. The molecule has 3 aliphatic rings. The van der Waals surface area contributed by atoms with E-state index in [0.717, 1.165) is 58.5 Å². The Kier molecular flexibility index (Phi) is 10.5. The van der Waals surface area contributed by atoms with E-state index in [1.807, 2.05) is 7.05 Å². The van der Waals surface area contributed by atoms with E-state index < -0.39 is 0 Å². The molecule has 2 aliphatic heterocycles. The van der Waals surface area contributed by atoms with Crippen LogP contribution < -0.4 is 5.32 Å². The maximum absolute atomic E-state index is 6.08. The first-order valence-electron chi connectivity index (χ1n) is 10.3. The van der Waals surface area contributed by atoms with Crippen molar-refractivity contribution in [2.24, 2.45) is 4.99 Å². The Hall–Kier alpha value is -0.120. The lowest BCUT2D eigenvalue weighted by molar-refractivity contribution is 0.0194. The summed E-state index contributed by atoms with van der Waals surface area (Å²) in [5.41, 5.74) is 0. The zero-order valence-corrected chi connectivity index (χ0v) is 18.7. The molecule has 152 valence electrons. The summed E-state index contributed by atoms with van der Waals surface area (Å²) in [6, 6.07) is 0.643. The van der Waals surface area contributed by atoms with Crippen LogP contribution in [0, 0.1) is 0 Å². The maximum Gasteiger partial charge on any atom is 0.193 e. The number of aliphatic imine (C=N–C) groups is 1. The SMILES string of the molecule is CN=C(NCCOC1CCCCCC1)N1CCC(N2CCOCC2)C1.I.